The summed E-state index contributed by atoms with van der Waals surface area (Å²) in [6.07, 6.45) is 24.4. The molecule has 0 aliphatic carbocycles. The smallest absolute Gasteiger partial charge is 0.323 e. The lowest BCUT2D eigenvalue weighted by molar-refractivity contribution is 0.221. The zero-order valence-corrected chi connectivity index (χ0v) is 22.4. The topological polar surface area (TPSA) is 27.7 Å². The molecule has 0 rings (SSSR count). The molecule has 0 bridgehead atoms. The highest BCUT2D eigenvalue weighted by molar-refractivity contribution is 6.78. The predicted molar refractivity (Wildman–Crippen MR) is 133 cm³/mol. The van der Waals surface area contributed by atoms with E-state index in [1.165, 1.54) is 64.2 Å². The average Bonchev–Trinajstić information content (AvgIpc) is 2.64. The second kappa shape index (κ2) is 18.6. The van der Waals surface area contributed by atoms with E-state index < -0.39 is 17.1 Å². The molecule has 0 fully saturated rings. The summed E-state index contributed by atoms with van der Waals surface area (Å²) in [6.45, 7) is 14.3. The van der Waals surface area contributed by atoms with Crippen molar-refractivity contribution in [2.45, 2.75) is 117 Å². The summed E-state index contributed by atoms with van der Waals surface area (Å²) >= 11 is 0. The molecule has 5 heteroatoms. The third-order valence-electron chi connectivity index (χ3n) is 4.83. The molecule has 0 spiro atoms. The van der Waals surface area contributed by atoms with E-state index in [1.807, 2.05) is 0 Å². The van der Waals surface area contributed by atoms with Gasteiger partial charge in [-0.25, -0.2) is 0 Å². The molecule has 172 valence electrons. The van der Waals surface area contributed by atoms with E-state index in [9.17, 15) is 0 Å². The average molecular weight is 443 g/mol. The Balaban J connectivity index is 3.89. The van der Waals surface area contributed by atoms with Gasteiger partial charge in [0.15, 0.2) is 0 Å². The quantitative estimate of drug-likeness (QED) is 0.108. The van der Waals surface area contributed by atoms with E-state index in [4.69, 9.17) is 13.0 Å². The SMILES string of the molecule is CCCCCCC/C=C/CO[Si](C)(C)O[Si](C)(C)OC/C=C/CCCCCCC. The highest BCUT2D eigenvalue weighted by Crippen LogP contribution is 2.17. The maximum Gasteiger partial charge on any atom is 0.323 e. The van der Waals surface area contributed by atoms with Crippen molar-refractivity contribution >= 4 is 17.1 Å². The fourth-order valence-corrected chi connectivity index (χ4v) is 9.45. The Kier molecular flexibility index (Phi) is 18.4. The van der Waals surface area contributed by atoms with Crippen molar-refractivity contribution in [1.29, 1.82) is 0 Å². The number of rotatable bonds is 20. The maximum atomic E-state index is 6.33. The highest BCUT2D eigenvalue weighted by atomic mass is 28.5. The van der Waals surface area contributed by atoms with Gasteiger partial charge >= 0.3 is 17.1 Å². The molecular formula is C24H50O3Si2. The van der Waals surface area contributed by atoms with Gasteiger partial charge in [0.25, 0.3) is 0 Å². The Morgan fingerprint density at radius 3 is 1.28 bits per heavy atom. The minimum Gasteiger partial charge on any atom is -0.415 e. The van der Waals surface area contributed by atoms with Crippen LogP contribution in [0.3, 0.4) is 0 Å². The van der Waals surface area contributed by atoms with Crippen LogP contribution in [0.4, 0.5) is 0 Å². The van der Waals surface area contributed by atoms with Gasteiger partial charge in [-0.2, -0.15) is 0 Å². The number of hydrogen-bond acceptors (Lipinski definition) is 3. The molecule has 0 radical (unpaired) electrons. The van der Waals surface area contributed by atoms with Gasteiger partial charge in [0.1, 0.15) is 0 Å². The molecule has 0 aliphatic heterocycles. The Bertz CT molecular complexity index is 382. The maximum absolute atomic E-state index is 6.33. The lowest BCUT2D eigenvalue weighted by Crippen LogP contribution is -2.48. The summed E-state index contributed by atoms with van der Waals surface area (Å²) in [5, 5.41) is 0. The zero-order valence-electron chi connectivity index (χ0n) is 20.4. The van der Waals surface area contributed by atoms with Gasteiger partial charge in [-0.05, 0) is 51.9 Å². The molecule has 0 aromatic rings. The molecule has 0 saturated heterocycles. The summed E-state index contributed by atoms with van der Waals surface area (Å²) in [5.74, 6) is 0. The van der Waals surface area contributed by atoms with Crippen molar-refractivity contribution in [3.8, 4) is 0 Å². The Hall–Kier alpha value is -0.206. The first-order chi connectivity index (χ1) is 13.8. The van der Waals surface area contributed by atoms with Crippen molar-refractivity contribution in [3.63, 3.8) is 0 Å². The molecule has 0 N–H and O–H groups in total. The third kappa shape index (κ3) is 20.8. The summed E-state index contributed by atoms with van der Waals surface area (Å²) in [5.41, 5.74) is 0. The van der Waals surface area contributed by atoms with Crippen LogP contribution in [0.15, 0.2) is 24.3 Å². The Morgan fingerprint density at radius 2 is 0.897 bits per heavy atom. The molecule has 0 aromatic heterocycles. The van der Waals surface area contributed by atoms with Crippen LogP contribution < -0.4 is 0 Å². The van der Waals surface area contributed by atoms with Gasteiger partial charge < -0.3 is 13.0 Å². The lowest BCUT2D eigenvalue weighted by atomic mass is 10.1. The molecular weight excluding hydrogens is 392 g/mol. The number of unbranched alkanes of at least 4 members (excludes halogenated alkanes) is 10. The standard InChI is InChI=1S/C24H50O3Si2/c1-7-9-11-13-15-17-19-21-23-25-28(3,4)27-29(5,6)26-24-22-20-18-16-14-12-10-8-2/h19-22H,7-18,23-24H2,1-6H3/b21-19+,22-20+. The summed E-state index contributed by atoms with van der Waals surface area (Å²) in [7, 11) is -4.32. The van der Waals surface area contributed by atoms with E-state index in [-0.39, 0.29) is 0 Å². The number of allylic oxidation sites excluding steroid dienone is 2. The van der Waals surface area contributed by atoms with Crippen molar-refractivity contribution in [3.05, 3.63) is 24.3 Å². The van der Waals surface area contributed by atoms with Crippen molar-refractivity contribution in [1.82, 2.24) is 0 Å². The molecule has 0 aromatic carbocycles. The lowest BCUT2D eigenvalue weighted by Gasteiger charge is -2.32. The first-order valence-electron chi connectivity index (χ1n) is 12.1. The van der Waals surface area contributed by atoms with Crippen LogP contribution >= 0.6 is 0 Å². The third-order valence-corrected chi connectivity index (χ3v) is 10.5. The van der Waals surface area contributed by atoms with Crippen LogP contribution in [0.2, 0.25) is 26.2 Å². The molecule has 29 heavy (non-hydrogen) atoms. The molecule has 0 amide bonds. The van der Waals surface area contributed by atoms with Crippen LogP contribution in [-0.2, 0) is 13.0 Å². The molecule has 3 nitrogen and oxygen atoms in total. The summed E-state index contributed by atoms with van der Waals surface area (Å²) in [4.78, 5) is 0. The van der Waals surface area contributed by atoms with Gasteiger partial charge in [0.2, 0.25) is 0 Å². The monoisotopic (exact) mass is 442 g/mol. The van der Waals surface area contributed by atoms with Gasteiger partial charge in [0.05, 0.1) is 13.2 Å². The zero-order chi connectivity index (χ0) is 21.8. The van der Waals surface area contributed by atoms with Crippen LogP contribution in [0.25, 0.3) is 0 Å². The Morgan fingerprint density at radius 1 is 0.517 bits per heavy atom. The predicted octanol–water partition coefficient (Wildman–Crippen LogP) is 8.27. The minimum atomic E-state index is -2.16. The Labute approximate surface area is 184 Å². The largest absolute Gasteiger partial charge is 0.415 e. The van der Waals surface area contributed by atoms with Crippen LogP contribution in [0.5, 0.6) is 0 Å². The van der Waals surface area contributed by atoms with Crippen LogP contribution in [0.1, 0.15) is 90.9 Å². The van der Waals surface area contributed by atoms with Gasteiger partial charge in [-0.1, -0.05) is 89.5 Å². The highest BCUT2D eigenvalue weighted by Gasteiger charge is 2.35. The fourth-order valence-electron chi connectivity index (χ4n) is 3.25. The van der Waals surface area contributed by atoms with Crippen LogP contribution in [-0.4, -0.2) is 30.3 Å². The number of hydrogen-bond donors (Lipinski definition) is 0. The first-order valence-corrected chi connectivity index (χ1v) is 17.7. The van der Waals surface area contributed by atoms with E-state index in [2.05, 4.69) is 64.3 Å². The van der Waals surface area contributed by atoms with E-state index >= 15 is 0 Å². The summed E-state index contributed by atoms with van der Waals surface area (Å²) in [6, 6.07) is 0. The van der Waals surface area contributed by atoms with Crippen molar-refractivity contribution in [2.75, 3.05) is 13.2 Å². The molecule has 0 unspecified atom stereocenters. The van der Waals surface area contributed by atoms with Gasteiger partial charge in [0, 0.05) is 0 Å². The normalized spacial score (nSPS) is 13.2. The van der Waals surface area contributed by atoms with Crippen LogP contribution in [0, 0.1) is 0 Å². The molecule has 0 aliphatic rings. The second-order valence-corrected chi connectivity index (χ2v) is 15.9. The molecule has 0 atom stereocenters. The molecule has 0 saturated carbocycles. The van der Waals surface area contributed by atoms with Crippen molar-refractivity contribution in [2.24, 2.45) is 0 Å². The van der Waals surface area contributed by atoms with Crippen molar-refractivity contribution < 1.29 is 13.0 Å². The fraction of sp³-hybridized carbons (Fsp3) is 0.833. The van der Waals surface area contributed by atoms with E-state index in [0.29, 0.717) is 13.2 Å². The second-order valence-electron chi connectivity index (χ2n) is 8.87. The van der Waals surface area contributed by atoms with E-state index in [0.717, 1.165) is 12.8 Å². The van der Waals surface area contributed by atoms with Gasteiger partial charge in [-0.3, -0.25) is 0 Å². The minimum absolute atomic E-state index is 0.649. The van der Waals surface area contributed by atoms with Gasteiger partial charge in [-0.15, -0.1) is 0 Å². The molecule has 0 heterocycles. The van der Waals surface area contributed by atoms with E-state index in [1.54, 1.807) is 0 Å². The summed E-state index contributed by atoms with van der Waals surface area (Å²) < 4.78 is 18.5. The first kappa shape index (κ1) is 28.8.